The number of hydrogen-bond acceptors (Lipinski definition) is 3. The first-order valence-corrected chi connectivity index (χ1v) is 7.80. The summed E-state index contributed by atoms with van der Waals surface area (Å²) in [7, 11) is 0. The average Bonchev–Trinajstić information content (AvgIpc) is 2.85. The van der Waals surface area contributed by atoms with E-state index in [4.69, 9.17) is 22.3 Å². The summed E-state index contributed by atoms with van der Waals surface area (Å²) in [5, 5.41) is 0.590. The molecule has 114 valence electrons. The van der Waals surface area contributed by atoms with Crippen LogP contribution in [-0.2, 0) is 6.54 Å². The zero-order chi connectivity index (χ0) is 15.7. The van der Waals surface area contributed by atoms with Gasteiger partial charge in [-0.25, -0.2) is 9.97 Å². The Hall–Kier alpha value is -1.91. The van der Waals surface area contributed by atoms with Gasteiger partial charge in [0.15, 0.2) is 5.65 Å². The summed E-state index contributed by atoms with van der Waals surface area (Å²) < 4.78 is 2.09. The molecule has 22 heavy (non-hydrogen) atoms. The number of aryl methyl sites for hydroxylation is 1. The molecule has 0 saturated carbocycles. The molecule has 0 radical (unpaired) electrons. The molecule has 0 aliphatic carbocycles. The first-order chi connectivity index (χ1) is 10.6. The summed E-state index contributed by atoms with van der Waals surface area (Å²) in [4.78, 5) is 9.18. The average molecular weight is 315 g/mol. The van der Waals surface area contributed by atoms with Gasteiger partial charge in [-0.2, -0.15) is 0 Å². The first kappa shape index (κ1) is 15.0. The van der Waals surface area contributed by atoms with E-state index in [1.54, 1.807) is 6.20 Å². The lowest BCUT2D eigenvalue weighted by molar-refractivity contribution is 0.549. The number of nitrogens with zero attached hydrogens (tertiary/aromatic N) is 3. The number of halogens is 1. The van der Waals surface area contributed by atoms with E-state index in [0.717, 1.165) is 29.0 Å². The molecule has 4 nitrogen and oxygen atoms in total. The van der Waals surface area contributed by atoms with Crippen molar-refractivity contribution >= 4 is 22.8 Å². The summed E-state index contributed by atoms with van der Waals surface area (Å²) in [5.41, 5.74) is 10.0. The molecule has 0 bridgehead atoms. The van der Waals surface area contributed by atoms with Gasteiger partial charge in [-0.1, -0.05) is 42.3 Å². The van der Waals surface area contributed by atoms with Crippen LogP contribution in [-0.4, -0.2) is 20.6 Å². The molecular weight excluding hydrogens is 296 g/mol. The molecule has 3 rings (SSSR count). The minimum atomic E-state index is 0.0680. The molecule has 0 spiro atoms. The number of fused-ring (bicyclic) bond motifs is 1. The molecule has 1 unspecified atom stereocenters. The van der Waals surface area contributed by atoms with E-state index in [2.05, 4.69) is 41.6 Å². The summed E-state index contributed by atoms with van der Waals surface area (Å²) >= 11 is 6.05. The molecule has 0 amide bonds. The van der Waals surface area contributed by atoms with Crippen LogP contribution in [0, 0.1) is 6.92 Å². The highest BCUT2D eigenvalue weighted by Gasteiger charge is 2.16. The van der Waals surface area contributed by atoms with Gasteiger partial charge in [-0.15, -0.1) is 0 Å². The van der Waals surface area contributed by atoms with Crippen LogP contribution in [0.25, 0.3) is 22.6 Å². The van der Waals surface area contributed by atoms with Crippen molar-refractivity contribution in [1.29, 1.82) is 0 Å². The topological polar surface area (TPSA) is 56.7 Å². The van der Waals surface area contributed by atoms with Crippen LogP contribution in [0.1, 0.15) is 18.9 Å². The van der Waals surface area contributed by atoms with Gasteiger partial charge in [0.1, 0.15) is 11.3 Å². The van der Waals surface area contributed by atoms with Gasteiger partial charge in [-0.05, 0) is 25.5 Å². The molecule has 0 aliphatic rings. The van der Waals surface area contributed by atoms with E-state index in [1.807, 2.05) is 12.1 Å². The number of nitrogens with two attached hydrogens (primary N) is 1. The number of benzene rings is 1. The molecule has 5 heteroatoms. The Morgan fingerprint density at radius 3 is 2.86 bits per heavy atom. The Balaban J connectivity index is 2.21. The minimum Gasteiger partial charge on any atom is -0.326 e. The highest BCUT2D eigenvalue weighted by molar-refractivity contribution is 6.31. The van der Waals surface area contributed by atoms with Crippen LogP contribution in [0.5, 0.6) is 0 Å². The summed E-state index contributed by atoms with van der Waals surface area (Å²) in [6.45, 7) is 4.84. The van der Waals surface area contributed by atoms with Crippen LogP contribution in [0.2, 0.25) is 5.02 Å². The standard InChI is InChI=1S/C17H19ClN4/c1-3-14(19)10-22-16(12-6-4-5-11(2)7-12)21-15-8-13(18)9-20-17(15)22/h4-9,14H,3,10,19H2,1-2H3. The van der Waals surface area contributed by atoms with E-state index in [-0.39, 0.29) is 6.04 Å². The van der Waals surface area contributed by atoms with Crippen molar-refractivity contribution in [2.75, 3.05) is 0 Å². The summed E-state index contributed by atoms with van der Waals surface area (Å²) in [5.74, 6) is 0.886. The van der Waals surface area contributed by atoms with Gasteiger partial charge in [0.2, 0.25) is 0 Å². The Morgan fingerprint density at radius 2 is 2.14 bits per heavy atom. The predicted octanol–water partition coefficient (Wildman–Crippen LogP) is 3.80. The zero-order valence-corrected chi connectivity index (χ0v) is 13.5. The molecular formula is C17H19ClN4. The SMILES string of the molecule is CCC(N)Cn1c(-c2cccc(C)c2)nc2cc(Cl)cnc21. The van der Waals surface area contributed by atoms with Gasteiger partial charge in [0.05, 0.1) is 5.02 Å². The minimum absolute atomic E-state index is 0.0680. The molecule has 0 aliphatic heterocycles. The Kier molecular flexibility index (Phi) is 4.14. The van der Waals surface area contributed by atoms with Gasteiger partial charge < -0.3 is 10.3 Å². The Bertz CT molecular complexity index is 810. The Morgan fingerprint density at radius 1 is 1.32 bits per heavy atom. The Labute approximate surface area is 134 Å². The normalized spacial score (nSPS) is 12.7. The number of imidazole rings is 1. The number of hydrogen-bond donors (Lipinski definition) is 1. The highest BCUT2D eigenvalue weighted by Crippen LogP contribution is 2.26. The van der Waals surface area contributed by atoms with E-state index >= 15 is 0 Å². The van der Waals surface area contributed by atoms with E-state index < -0.39 is 0 Å². The van der Waals surface area contributed by atoms with Crippen molar-refractivity contribution in [3.63, 3.8) is 0 Å². The lowest BCUT2D eigenvalue weighted by Crippen LogP contribution is -2.25. The molecule has 2 aromatic heterocycles. The predicted molar refractivity (Wildman–Crippen MR) is 91.0 cm³/mol. The molecule has 0 fully saturated rings. The van der Waals surface area contributed by atoms with Gasteiger partial charge in [0, 0.05) is 24.3 Å². The largest absolute Gasteiger partial charge is 0.326 e. The lowest BCUT2D eigenvalue weighted by Gasteiger charge is -2.13. The second kappa shape index (κ2) is 6.07. The summed E-state index contributed by atoms with van der Waals surface area (Å²) in [6, 6.07) is 10.2. The third kappa shape index (κ3) is 2.85. The van der Waals surface area contributed by atoms with Crippen LogP contribution >= 0.6 is 11.6 Å². The van der Waals surface area contributed by atoms with Crippen molar-refractivity contribution < 1.29 is 0 Å². The number of rotatable bonds is 4. The van der Waals surface area contributed by atoms with Crippen LogP contribution in [0.4, 0.5) is 0 Å². The second-order valence-electron chi connectivity index (χ2n) is 5.58. The van der Waals surface area contributed by atoms with Crippen LogP contribution < -0.4 is 5.73 Å². The quantitative estimate of drug-likeness (QED) is 0.797. The fourth-order valence-corrected chi connectivity index (χ4v) is 2.68. The molecule has 2 heterocycles. The maximum Gasteiger partial charge on any atom is 0.160 e. The smallest absolute Gasteiger partial charge is 0.160 e. The first-order valence-electron chi connectivity index (χ1n) is 7.43. The second-order valence-corrected chi connectivity index (χ2v) is 6.02. The fraction of sp³-hybridized carbons (Fsp3) is 0.294. The van der Waals surface area contributed by atoms with Crippen LogP contribution in [0.15, 0.2) is 36.5 Å². The number of aromatic nitrogens is 3. The highest BCUT2D eigenvalue weighted by atomic mass is 35.5. The monoisotopic (exact) mass is 314 g/mol. The third-order valence-electron chi connectivity index (χ3n) is 3.77. The van der Waals surface area contributed by atoms with Gasteiger partial charge in [-0.3, -0.25) is 0 Å². The van der Waals surface area contributed by atoms with E-state index in [1.165, 1.54) is 5.56 Å². The summed E-state index contributed by atoms with van der Waals surface area (Å²) in [6.07, 6.45) is 2.56. The van der Waals surface area contributed by atoms with Crippen LogP contribution in [0.3, 0.4) is 0 Å². The van der Waals surface area contributed by atoms with E-state index in [9.17, 15) is 0 Å². The lowest BCUT2D eigenvalue weighted by atomic mass is 10.1. The zero-order valence-electron chi connectivity index (χ0n) is 12.8. The molecule has 0 saturated heterocycles. The molecule has 3 aromatic rings. The third-order valence-corrected chi connectivity index (χ3v) is 3.98. The maximum absolute atomic E-state index is 6.16. The number of pyridine rings is 1. The van der Waals surface area contributed by atoms with Crippen molar-refractivity contribution in [3.05, 3.63) is 47.1 Å². The van der Waals surface area contributed by atoms with E-state index in [0.29, 0.717) is 11.6 Å². The van der Waals surface area contributed by atoms with Gasteiger partial charge in [0.25, 0.3) is 0 Å². The van der Waals surface area contributed by atoms with Gasteiger partial charge >= 0.3 is 0 Å². The van der Waals surface area contributed by atoms with Crippen molar-refractivity contribution in [3.8, 4) is 11.4 Å². The molecule has 1 atom stereocenters. The van der Waals surface area contributed by atoms with Crippen molar-refractivity contribution in [1.82, 2.24) is 14.5 Å². The fourth-order valence-electron chi connectivity index (χ4n) is 2.53. The molecule has 1 aromatic carbocycles. The van der Waals surface area contributed by atoms with Crippen molar-refractivity contribution in [2.24, 2.45) is 5.73 Å². The van der Waals surface area contributed by atoms with Crippen molar-refractivity contribution in [2.45, 2.75) is 32.9 Å². The maximum atomic E-state index is 6.16. The molecule has 2 N–H and O–H groups in total.